The van der Waals surface area contributed by atoms with Crippen LogP contribution >= 0.6 is 0 Å². The first-order valence-corrected chi connectivity index (χ1v) is 7.98. The third-order valence-electron chi connectivity index (χ3n) is 4.34. The van der Waals surface area contributed by atoms with Gasteiger partial charge in [-0.2, -0.15) is 0 Å². The van der Waals surface area contributed by atoms with E-state index in [0.29, 0.717) is 32.2 Å². The van der Waals surface area contributed by atoms with E-state index in [4.69, 9.17) is 10.8 Å². The second-order valence-electron chi connectivity index (χ2n) is 6.13. The SMILES string of the molecule is C[C@@]1(C(=O)N[C@@H](CCCCC(=O)O)C(=O)O)CCCN1C(=O)CN. The van der Waals surface area contributed by atoms with Gasteiger partial charge in [0, 0.05) is 13.0 Å². The number of carbonyl (C=O) groups excluding carboxylic acids is 2. The summed E-state index contributed by atoms with van der Waals surface area (Å²) in [5.41, 5.74) is 4.26. The number of aliphatic carboxylic acids is 2. The third-order valence-corrected chi connectivity index (χ3v) is 4.34. The number of hydrogen-bond donors (Lipinski definition) is 4. The molecule has 1 aliphatic heterocycles. The van der Waals surface area contributed by atoms with Crippen LogP contribution in [0.5, 0.6) is 0 Å². The van der Waals surface area contributed by atoms with Gasteiger partial charge in [-0.15, -0.1) is 0 Å². The molecule has 136 valence electrons. The van der Waals surface area contributed by atoms with Gasteiger partial charge in [-0.25, -0.2) is 4.79 Å². The summed E-state index contributed by atoms with van der Waals surface area (Å²) >= 11 is 0. The van der Waals surface area contributed by atoms with Crippen LogP contribution in [-0.2, 0) is 19.2 Å². The van der Waals surface area contributed by atoms with Crippen LogP contribution in [0.4, 0.5) is 0 Å². The maximum atomic E-state index is 12.6. The first-order valence-electron chi connectivity index (χ1n) is 7.98. The number of rotatable bonds is 9. The van der Waals surface area contributed by atoms with Gasteiger partial charge in [0.1, 0.15) is 11.6 Å². The number of likely N-dealkylation sites (tertiary alicyclic amines) is 1. The number of nitrogens with zero attached hydrogens (tertiary/aromatic N) is 1. The number of amides is 2. The zero-order valence-electron chi connectivity index (χ0n) is 13.8. The van der Waals surface area contributed by atoms with Gasteiger partial charge in [0.05, 0.1) is 6.54 Å². The highest BCUT2D eigenvalue weighted by Gasteiger charge is 2.46. The van der Waals surface area contributed by atoms with Crippen molar-refractivity contribution in [3.05, 3.63) is 0 Å². The van der Waals surface area contributed by atoms with Gasteiger partial charge in [-0.1, -0.05) is 6.42 Å². The molecule has 0 aromatic carbocycles. The summed E-state index contributed by atoms with van der Waals surface area (Å²) in [6.07, 6.45) is 1.88. The lowest BCUT2D eigenvalue weighted by Crippen LogP contribution is -2.59. The Kier molecular flexibility index (Phi) is 7.15. The van der Waals surface area contributed by atoms with Crippen molar-refractivity contribution in [2.45, 2.75) is 57.0 Å². The maximum absolute atomic E-state index is 12.6. The van der Waals surface area contributed by atoms with Crippen LogP contribution in [0.1, 0.15) is 45.4 Å². The Morgan fingerprint density at radius 2 is 1.92 bits per heavy atom. The predicted molar refractivity (Wildman–Crippen MR) is 84.1 cm³/mol. The fraction of sp³-hybridized carbons (Fsp3) is 0.733. The molecule has 1 heterocycles. The average molecular weight is 343 g/mol. The molecule has 5 N–H and O–H groups in total. The van der Waals surface area contributed by atoms with Crippen LogP contribution < -0.4 is 11.1 Å². The van der Waals surface area contributed by atoms with Crippen molar-refractivity contribution in [1.29, 1.82) is 0 Å². The molecule has 0 aromatic heterocycles. The van der Waals surface area contributed by atoms with Crippen molar-refractivity contribution in [2.75, 3.05) is 13.1 Å². The summed E-state index contributed by atoms with van der Waals surface area (Å²) in [4.78, 5) is 47.6. The van der Waals surface area contributed by atoms with E-state index in [2.05, 4.69) is 5.32 Å². The molecular weight excluding hydrogens is 318 g/mol. The molecule has 2 amide bonds. The minimum atomic E-state index is -1.18. The van der Waals surface area contributed by atoms with Crippen LogP contribution in [0.25, 0.3) is 0 Å². The first-order chi connectivity index (χ1) is 11.2. The summed E-state index contributed by atoms with van der Waals surface area (Å²) in [5, 5.41) is 20.3. The summed E-state index contributed by atoms with van der Waals surface area (Å²) in [5.74, 6) is -3.00. The van der Waals surface area contributed by atoms with E-state index < -0.39 is 29.4 Å². The molecule has 24 heavy (non-hydrogen) atoms. The van der Waals surface area contributed by atoms with E-state index >= 15 is 0 Å². The molecule has 0 aromatic rings. The molecule has 0 spiro atoms. The summed E-state index contributed by atoms with van der Waals surface area (Å²) in [7, 11) is 0. The molecular formula is C15H25N3O6. The topological polar surface area (TPSA) is 150 Å². The Morgan fingerprint density at radius 1 is 1.25 bits per heavy atom. The molecule has 1 aliphatic rings. The largest absolute Gasteiger partial charge is 0.481 e. The van der Waals surface area contributed by atoms with E-state index in [0.717, 1.165) is 0 Å². The Balaban J connectivity index is 2.68. The third kappa shape index (κ3) is 4.92. The number of unbranched alkanes of at least 4 members (excludes halogenated alkanes) is 1. The molecule has 1 rings (SSSR count). The molecule has 9 nitrogen and oxygen atoms in total. The van der Waals surface area contributed by atoms with Crippen LogP contribution in [0.3, 0.4) is 0 Å². The standard InChI is InChI=1S/C15H25N3O6/c1-15(7-4-8-18(15)11(19)9-16)14(24)17-10(13(22)23)5-2-3-6-12(20)21/h10H,2-9,16H2,1H3,(H,17,24)(H,20,21)(H,22,23)/t10-,15-/m0/s1. The van der Waals surface area contributed by atoms with Gasteiger partial charge in [0.15, 0.2) is 0 Å². The summed E-state index contributed by atoms with van der Waals surface area (Å²) in [6, 6.07) is -1.11. The lowest BCUT2D eigenvalue weighted by Gasteiger charge is -2.34. The Hall–Kier alpha value is -2.16. The Labute approximate surface area is 140 Å². The van der Waals surface area contributed by atoms with Gasteiger partial charge in [0.25, 0.3) is 0 Å². The summed E-state index contributed by atoms with van der Waals surface area (Å²) in [6.45, 7) is 1.81. The Morgan fingerprint density at radius 3 is 2.46 bits per heavy atom. The van der Waals surface area contributed by atoms with Crippen molar-refractivity contribution >= 4 is 23.8 Å². The number of carboxylic acid groups (broad SMARTS) is 2. The molecule has 1 saturated heterocycles. The zero-order valence-corrected chi connectivity index (χ0v) is 13.8. The Bertz CT molecular complexity index is 509. The van der Waals surface area contributed by atoms with Crippen LogP contribution in [0.2, 0.25) is 0 Å². The predicted octanol–water partition coefficient (Wildman–Crippen LogP) is -0.459. The number of nitrogens with one attached hydrogen (secondary N) is 1. The second kappa shape index (κ2) is 8.62. The van der Waals surface area contributed by atoms with E-state index in [9.17, 15) is 24.3 Å². The molecule has 0 bridgehead atoms. The number of hydrogen-bond acceptors (Lipinski definition) is 5. The molecule has 1 fully saturated rings. The second-order valence-corrected chi connectivity index (χ2v) is 6.13. The fourth-order valence-corrected chi connectivity index (χ4v) is 2.91. The van der Waals surface area contributed by atoms with Gasteiger partial charge in [-0.3, -0.25) is 14.4 Å². The van der Waals surface area contributed by atoms with Gasteiger partial charge >= 0.3 is 11.9 Å². The molecule has 9 heteroatoms. The lowest BCUT2D eigenvalue weighted by molar-refractivity contribution is -0.147. The quantitative estimate of drug-likeness (QED) is 0.414. The van der Waals surface area contributed by atoms with Crippen molar-refractivity contribution in [3.63, 3.8) is 0 Å². The monoisotopic (exact) mass is 343 g/mol. The van der Waals surface area contributed by atoms with E-state index in [1.54, 1.807) is 6.92 Å². The van der Waals surface area contributed by atoms with Crippen molar-refractivity contribution in [2.24, 2.45) is 5.73 Å². The molecule has 2 atom stereocenters. The lowest BCUT2D eigenvalue weighted by atomic mass is 9.96. The molecule has 0 radical (unpaired) electrons. The van der Waals surface area contributed by atoms with Gasteiger partial charge < -0.3 is 26.2 Å². The van der Waals surface area contributed by atoms with E-state index in [1.807, 2.05) is 0 Å². The number of carbonyl (C=O) groups is 4. The molecule has 0 saturated carbocycles. The van der Waals surface area contributed by atoms with E-state index in [-0.39, 0.29) is 25.3 Å². The highest BCUT2D eigenvalue weighted by atomic mass is 16.4. The van der Waals surface area contributed by atoms with Gasteiger partial charge in [0.2, 0.25) is 11.8 Å². The number of nitrogens with two attached hydrogens (primary N) is 1. The fourth-order valence-electron chi connectivity index (χ4n) is 2.91. The minimum absolute atomic E-state index is 0.0449. The number of carboxylic acids is 2. The van der Waals surface area contributed by atoms with Gasteiger partial charge in [-0.05, 0) is 32.6 Å². The van der Waals surface area contributed by atoms with E-state index in [1.165, 1.54) is 4.90 Å². The average Bonchev–Trinajstić information content (AvgIpc) is 2.92. The van der Waals surface area contributed by atoms with Crippen LogP contribution in [-0.4, -0.2) is 63.5 Å². The first kappa shape index (κ1) is 19.9. The minimum Gasteiger partial charge on any atom is -0.481 e. The normalized spacial score (nSPS) is 21.3. The van der Waals surface area contributed by atoms with Crippen LogP contribution in [0.15, 0.2) is 0 Å². The van der Waals surface area contributed by atoms with Crippen molar-refractivity contribution in [3.8, 4) is 0 Å². The maximum Gasteiger partial charge on any atom is 0.326 e. The smallest absolute Gasteiger partial charge is 0.326 e. The van der Waals surface area contributed by atoms with Crippen LogP contribution in [0, 0.1) is 0 Å². The highest BCUT2D eigenvalue weighted by Crippen LogP contribution is 2.29. The highest BCUT2D eigenvalue weighted by molar-refractivity contribution is 5.94. The van der Waals surface area contributed by atoms with Crippen molar-refractivity contribution in [1.82, 2.24) is 10.2 Å². The summed E-state index contributed by atoms with van der Waals surface area (Å²) < 4.78 is 0. The van der Waals surface area contributed by atoms with Crippen molar-refractivity contribution < 1.29 is 29.4 Å². The molecule has 0 aliphatic carbocycles. The molecule has 0 unspecified atom stereocenters. The zero-order chi connectivity index (χ0) is 18.3.